The summed E-state index contributed by atoms with van der Waals surface area (Å²) in [5.41, 5.74) is 0.530. The number of carbonyl (C=O) groups is 1. The molecule has 1 N–H and O–H groups in total. The van der Waals surface area contributed by atoms with Gasteiger partial charge >= 0.3 is 0 Å². The van der Waals surface area contributed by atoms with Gasteiger partial charge in [-0.1, -0.05) is 11.6 Å². The van der Waals surface area contributed by atoms with Gasteiger partial charge in [0.1, 0.15) is 11.6 Å². The maximum absolute atomic E-state index is 13.5. The van der Waals surface area contributed by atoms with Crippen LogP contribution in [0.15, 0.2) is 42.5 Å². The molecule has 0 unspecified atom stereocenters. The molecule has 0 aliphatic carbocycles. The maximum Gasteiger partial charge on any atom is 0.262 e. The predicted molar refractivity (Wildman–Crippen MR) is 76.7 cm³/mol. The molecule has 2 aromatic rings. The summed E-state index contributed by atoms with van der Waals surface area (Å²) in [6, 6.07) is 12.2. The molecule has 0 aliphatic rings. The van der Waals surface area contributed by atoms with Crippen LogP contribution in [0.5, 0.6) is 5.75 Å². The number of nitriles is 1. The molecular formula is C15H10ClFN2O2. The minimum atomic E-state index is -0.616. The molecular weight excluding hydrogens is 295 g/mol. The van der Waals surface area contributed by atoms with Gasteiger partial charge < -0.3 is 10.1 Å². The van der Waals surface area contributed by atoms with E-state index in [1.54, 1.807) is 24.3 Å². The van der Waals surface area contributed by atoms with E-state index in [-0.39, 0.29) is 17.3 Å². The van der Waals surface area contributed by atoms with Crippen molar-refractivity contribution in [3.05, 3.63) is 58.9 Å². The summed E-state index contributed by atoms with van der Waals surface area (Å²) >= 11 is 5.62. The zero-order valence-corrected chi connectivity index (χ0v) is 11.5. The van der Waals surface area contributed by atoms with Crippen LogP contribution in [-0.4, -0.2) is 12.5 Å². The standard InChI is InChI=1S/C15H10ClFN2O2/c16-11-3-6-14(13(17)7-11)19-15(20)9-21-12-4-1-10(8-18)2-5-12/h1-7H,9H2,(H,19,20). The molecule has 0 radical (unpaired) electrons. The number of nitrogens with zero attached hydrogens (tertiary/aromatic N) is 1. The molecule has 4 nitrogen and oxygen atoms in total. The van der Waals surface area contributed by atoms with Crippen molar-refractivity contribution in [2.24, 2.45) is 0 Å². The van der Waals surface area contributed by atoms with Crippen LogP contribution < -0.4 is 10.1 Å². The number of amides is 1. The van der Waals surface area contributed by atoms with Gasteiger partial charge in [-0.2, -0.15) is 5.26 Å². The number of carbonyl (C=O) groups excluding carboxylic acids is 1. The third-order valence-corrected chi connectivity index (χ3v) is 2.79. The molecule has 6 heteroatoms. The first-order valence-electron chi connectivity index (χ1n) is 5.96. The fraction of sp³-hybridized carbons (Fsp3) is 0.0667. The highest BCUT2D eigenvalue weighted by atomic mass is 35.5. The molecule has 0 heterocycles. The zero-order valence-electron chi connectivity index (χ0n) is 10.8. The second-order valence-electron chi connectivity index (χ2n) is 4.10. The van der Waals surface area contributed by atoms with E-state index in [0.29, 0.717) is 11.3 Å². The molecule has 106 valence electrons. The molecule has 0 bridgehead atoms. The topological polar surface area (TPSA) is 62.1 Å². The van der Waals surface area contributed by atoms with Crippen LogP contribution in [0, 0.1) is 17.1 Å². The Hall–Kier alpha value is -2.58. The van der Waals surface area contributed by atoms with E-state index in [2.05, 4.69) is 5.32 Å². The Morgan fingerprint density at radius 3 is 2.62 bits per heavy atom. The lowest BCUT2D eigenvalue weighted by molar-refractivity contribution is -0.118. The van der Waals surface area contributed by atoms with Crippen LogP contribution >= 0.6 is 11.6 Å². The number of rotatable bonds is 4. The smallest absolute Gasteiger partial charge is 0.262 e. The minimum absolute atomic E-state index is 0.0350. The van der Waals surface area contributed by atoms with Crippen LogP contribution in [0.3, 0.4) is 0 Å². The molecule has 0 aromatic heterocycles. The molecule has 1 amide bonds. The Balaban J connectivity index is 1.91. The van der Waals surface area contributed by atoms with Crippen LogP contribution in [-0.2, 0) is 4.79 Å². The normalized spacial score (nSPS) is 9.76. The number of halogens is 2. The third-order valence-electron chi connectivity index (χ3n) is 2.56. The highest BCUT2D eigenvalue weighted by molar-refractivity contribution is 6.30. The van der Waals surface area contributed by atoms with E-state index < -0.39 is 11.7 Å². The lowest BCUT2D eigenvalue weighted by Crippen LogP contribution is -2.20. The van der Waals surface area contributed by atoms with Crippen molar-refractivity contribution >= 4 is 23.2 Å². The Morgan fingerprint density at radius 2 is 2.00 bits per heavy atom. The third kappa shape index (κ3) is 4.20. The van der Waals surface area contributed by atoms with Gasteiger partial charge in [-0.05, 0) is 42.5 Å². The first-order chi connectivity index (χ1) is 10.1. The Labute approximate surface area is 125 Å². The Kier molecular flexibility index (Phi) is 4.75. The summed E-state index contributed by atoms with van der Waals surface area (Å²) < 4.78 is 18.7. The van der Waals surface area contributed by atoms with E-state index >= 15 is 0 Å². The van der Waals surface area contributed by atoms with Crippen LogP contribution in [0.1, 0.15) is 5.56 Å². The van der Waals surface area contributed by atoms with Crippen LogP contribution in [0.2, 0.25) is 5.02 Å². The van der Waals surface area contributed by atoms with Gasteiger partial charge in [0.2, 0.25) is 0 Å². The average Bonchev–Trinajstić information content (AvgIpc) is 2.48. The molecule has 0 atom stereocenters. The number of ether oxygens (including phenoxy) is 1. The van der Waals surface area contributed by atoms with E-state index in [4.69, 9.17) is 21.6 Å². The summed E-state index contributed by atoms with van der Waals surface area (Å²) in [6.45, 7) is -0.270. The largest absolute Gasteiger partial charge is 0.484 e. The first kappa shape index (κ1) is 14.8. The van der Waals surface area contributed by atoms with Gasteiger partial charge in [0, 0.05) is 5.02 Å². The lowest BCUT2D eigenvalue weighted by atomic mass is 10.2. The van der Waals surface area contributed by atoms with Crippen molar-refractivity contribution < 1.29 is 13.9 Å². The number of hydrogen-bond acceptors (Lipinski definition) is 3. The van der Waals surface area contributed by atoms with Crippen molar-refractivity contribution in [2.75, 3.05) is 11.9 Å². The molecule has 2 aromatic carbocycles. The van der Waals surface area contributed by atoms with E-state index in [1.165, 1.54) is 12.1 Å². The quantitative estimate of drug-likeness (QED) is 0.942. The van der Waals surface area contributed by atoms with Gasteiger partial charge in [0.05, 0.1) is 17.3 Å². The number of nitrogens with one attached hydrogen (secondary N) is 1. The second-order valence-corrected chi connectivity index (χ2v) is 4.53. The highest BCUT2D eigenvalue weighted by Crippen LogP contribution is 2.19. The molecule has 0 saturated carbocycles. The zero-order chi connectivity index (χ0) is 15.2. The maximum atomic E-state index is 13.5. The van der Waals surface area contributed by atoms with Crippen LogP contribution in [0.4, 0.5) is 10.1 Å². The van der Waals surface area contributed by atoms with Crippen molar-refractivity contribution in [3.8, 4) is 11.8 Å². The molecule has 2 rings (SSSR count). The van der Waals surface area contributed by atoms with Gasteiger partial charge in [0.15, 0.2) is 6.61 Å². The number of hydrogen-bond donors (Lipinski definition) is 1. The van der Waals surface area contributed by atoms with Crippen molar-refractivity contribution in [1.29, 1.82) is 5.26 Å². The predicted octanol–water partition coefficient (Wildman–Crippen LogP) is 3.37. The van der Waals surface area contributed by atoms with Crippen molar-refractivity contribution in [1.82, 2.24) is 0 Å². The summed E-state index contributed by atoms with van der Waals surface area (Å²) in [7, 11) is 0. The number of benzene rings is 2. The summed E-state index contributed by atoms with van der Waals surface area (Å²) in [4.78, 5) is 11.7. The molecule has 0 spiro atoms. The lowest BCUT2D eigenvalue weighted by Gasteiger charge is -2.08. The molecule has 0 fully saturated rings. The van der Waals surface area contributed by atoms with Gasteiger partial charge in [-0.25, -0.2) is 4.39 Å². The van der Waals surface area contributed by atoms with Gasteiger partial charge in [0.25, 0.3) is 5.91 Å². The highest BCUT2D eigenvalue weighted by Gasteiger charge is 2.08. The number of anilines is 1. The molecule has 0 saturated heterocycles. The van der Waals surface area contributed by atoms with E-state index in [0.717, 1.165) is 6.07 Å². The van der Waals surface area contributed by atoms with E-state index in [9.17, 15) is 9.18 Å². The Bertz CT molecular complexity index is 696. The molecule has 21 heavy (non-hydrogen) atoms. The van der Waals surface area contributed by atoms with Gasteiger partial charge in [-0.15, -0.1) is 0 Å². The SMILES string of the molecule is N#Cc1ccc(OCC(=O)Nc2ccc(Cl)cc2F)cc1. The average molecular weight is 305 g/mol. The summed E-state index contributed by atoms with van der Waals surface area (Å²) in [6.07, 6.45) is 0. The fourth-order valence-electron chi connectivity index (χ4n) is 1.55. The first-order valence-corrected chi connectivity index (χ1v) is 6.34. The second kappa shape index (κ2) is 6.73. The minimum Gasteiger partial charge on any atom is -0.484 e. The van der Waals surface area contributed by atoms with Crippen LogP contribution in [0.25, 0.3) is 0 Å². The van der Waals surface area contributed by atoms with Gasteiger partial charge in [-0.3, -0.25) is 4.79 Å². The van der Waals surface area contributed by atoms with Crippen molar-refractivity contribution in [3.63, 3.8) is 0 Å². The fourth-order valence-corrected chi connectivity index (χ4v) is 1.71. The Morgan fingerprint density at radius 1 is 1.29 bits per heavy atom. The van der Waals surface area contributed by atoms with Crippen molar-refractivity contribution in [2.45, 2.75) is 0 Å². The molecule has 0 aliphatic heterocycles. The summed E-state index contributed by atoms with van der Waals surface area (Å²) in [5.74, 6) is -0.671. The van der Waals surface area contributed by atoms with E-state index in [1.807, 2.05) is 6.07 Å². The monoisotopic (exact) mass is 304 g/mol. The summed E-state index contributed by atoms with van der Waals surface area (Å²) in [5, 5.41) is 11.3.